The first kappa shape index (κ1) is 19.9. The first-order valence-electron chi connectivity index (χ1n) is 9.68. The molecule has 29 heavy (non-hydrogen) atoms. The molecule has 0 N–H and O–H groups in total. The van der Waals surface area contributed by atoms with Crippen LogP contribution in [0.3, 0.4) is 0 Å². The highest BCUT2D eigenvalue weighted by molar-refractivity contribution is 5.94. The zero-order chi connectivity index (χ0) is 20.3. The van der Waals surface area contributed by atoms with E-state index < -0.39 is 17.4 Å². The Balaban J connectivity index is 1.48. The van der Waals surface area contributed by atoms with E-state index in [4.69, 9.17) is 9.47 Å². The van der Waals surface area contributed by atoms with E-state index in [1.807, 2.05) is 0 Å². The van der Waals surface area contributed by atoms with Crippen molar-refractivity contribution < 1.29 is 23.0 Å². The summed E-state index contributed by atoms with van der Waals surface area (Å²) >= 11 is 0. The number of carbonyl (C=O) groups excluding carboxylic acids is 1. The van der Waals surface area contributed by atoms with Gasteiger partial charge in [0.05, 0.1) is 31.9 Å². The highest BCUT2D eigenvalue weighted by atomic mass is 19.2. The zero-order valence-corrected chi connectivity index (χ0v) is 16.0. The first-order valence-corrected chi connectivity index (χ1v) is 9.68. The summed E-state index contributed by atoms with van der Waals surface area (Å²) < 4.78 is 38.8. The summed E-state index contributed by atoms with van der Waals surface area (Å²) in [4.78, 5) is 20.7. The summed E-state index contributed by atoms with van der Waals surface area (Å²) in [6.07, 6.45) is 3.96. The van der Waals surface area contributed by atoms with E-state index in [9.17, 15) is 13.6 Å². The van der Waals surface area contributed by atoms with Gasteiger partial charge in [-0.2, -0.15) is 0 Å². The van der Waals surface area contributed by atoms with E-state index in [1.54, 1.807) is 35.5 Å². The van der Waals surface area contributed by atoms with Crippen LogP contribution in [0, 0.1) is 11.6 Å². The van der Waals surface area contributed by atoms with Crippen LogP contribution < -0.4 is 0 Å². The Morgan fingerprint density at radius 3 is 2.76 bits per heavy atom. The molecule has 2 aliphatic heterocycles. The number of rotatable bonds is 3. The number of halogens is 2. The summed E-state index contributed by atoms with van der Waals surface area (Å²) in [5.74, 6) is -2.76. The van der Waals surface area contributed by atoms with Crippen LogP contribution >= 0.6 is 0 Å². The molecule has 0 saturated carbocycles. The predicted molar refractivity (Wildman–Crippen MR) is 101 cm³/mol. The molecule has 2 aliphatic rings. The molecule has 1 aromatic heterocycles. The summed E-state index contributed by atoms with van der Waals surface area (Å²) in [7, 11) is 0. The predicted octanol–water partition coefficient (Wildman–Crippen LogP) is 2.45. The Bertz CT molecular complexity index is 868. The second-order valence-corrected chi connectivity index (χ2v) is 7.39. The lowest BCUT2D eigenvalue weighted by Crippen LogP contribution is -2.59. The van der Waals surface area contributed by atoms with Crippen LogP contribution in [0.2, 0.25) is 0 Å². The molecule has 1 atom stereocenters. The Hall–Kier alpha value is -2.42. The number of nitrogens with zero attached hydrogens (tertiary/aromatic N) is 3. The quantitative estimate of drug-likeness (QED) is 0.788. The maximum Gasteiger partial charge on any atom is 0.255 e. The average Bonchev–Trinajstić information content (AvgIpc) is 2.92. The number of ether oxygens (including phenoxy) is 2. The minimum Gasteiger partial charge on any atom is -0.347 e. The Labute approximate surface area is 168 Å². The van der Waals surface area contributed by atoms with E-state index in [-0.39, 0.29) is 5.91 Å². The van der Waals surface area contributed by atoms with Crippen molar-refractivity contribution in [2.45, 2.75) is 18.8 Å². The molecule has 0 bridgehead atoms. The lowest BCUT2D eigenvalue weighted by atomic mass is 10.1. The molecule has 4 rings (SSSR count). The standard InChI is InChI=1S/C21H23F2N3O3/c22-18-5-4-16(11-19(18)23)13-25-7-2-9-28-21(14-25)15-26(8-10-29-21)20(27)17-3-1-6-24-12-17/h1,3-6,11-12H,2,7-10,13-15H2. The van der Waals surface area contributed by atoms with Gasteiger partial charge in [0.25, 0.3) is 5.91 Å². The summed E-state index contributed by atoms with van der Waals surface area (Å²) in [6, 6.07) is 7.40. The number of morpholine rings is 1. The molecule has 6 nitrogen and oxygen atoms in total. The second kappa shape index (κ2) is 8.52. The summed E-state index contributed by atoms with van der Waals surface area (Å²) in [5.41, 5.74) is 1.21. The number of amides is 1. The third-order valence-corrected chi connectivity index (χ3v) is 5.19. The highest BCUT2D eigenvalue weighted by Crippen LogP contribution is 2.26. The molecular weight excluding hydrogens is 380 g/mol. The van der Waals surface area contributed by atoms with Gasteiger partial charge in [-0.15, -0.1) is 0 Å². The van der Waals surface area contributed by atoms with Crippen molar-refractivity contribution >= 4 is 5.91 Å². The van der Waals surface area contributed by atoms with Crippen molar-refractivity contribution in [3.05, 3.63) is 65.5 Å². The number of pyridine rings is 1. The van der Waals surface area contributed by atoms with Crippen molar-refractivity contribution in [2.75, 3.05) is 39.4 Å². The van der Waals surface area contributed by atoms with Crippen molar-refractivity contribution in [1.82, 2.24) is 14.8 Å². The molecule has 1 amide bonds. The molecule has 2 saturated heterocycles. The molecule has 0 aliphatic carbocycles. The van der Waals surface area contributed by atoms with Gasteiger partial charge in [0, 0.05) is 32.0 Å². The lowest BCUT2D eigenvalue weighted by Gasteiger charge is -2.43. The van der Waals surface area contributed by atoms with Gasteiger partial charge in [0.15, 0.2) is 17.4 Å². The number of hydrogen-bond donors (Lipinski definition) is 0. The van der Waals surface area contributed by atoms with Crippen LogP contribution in [0.15, 0.2) is 42.7 Å². The van der Waals surface area contributed by atoms with Crippen LogP contribution in [-0.4, -0.2) is 65.9 Å². The number of carbonyl (C=O) groups is 1. The van der Waals surface area contributed by atoms with E-state index in [1.165, 1.54) is 6.07 Å². The van der Waals surface area contributed by atoms with Crippen molar-refractivity contribution in [1.29, 1.82) is 0 Å². The molecule has 1 unspecified atom stereocenters. The summed E-state index contributed by atoms with van der Waals surface area (Å²) in [5, 5.41) is 0. The Morgan fingerprint density at radius 2 is 1.97 bits per heavy atom. The van der Waals surface area contributed by atoms with Gasteiger partial charge < -0.3 is 14.4 Å². The van der Waals surface area contributed by atoms with E-state index in [0.29, 0.717) is 50.5 Å². The molecule has 1 spiro atoms. The molecule has 154 valence electrons. The smallest absolute Gasteiger partial charge is 0.255 e. The monoisotopic (exact) mass is 403 g/mol. The summed E-state index contributed by atoms with van der Waals surface area (Å²) in [6.45, 7) is 3.26. The minimum absolute atomic E-state index is 0.110. The number of aromatic nitrogens is 1. The lowest BCUT2D eigenvalue weighted by molar-refractivity contribution is -0.261. The van der Waals surface area contributed by atoms with Gasteiger partial charge in [-0.1, -0.05) is 6.07 Å². The molecule has 0 radical (unpaired) electrons. The largest absolute Gasteiger partial charge is 0.347 e. The zero-order valence-electron chi connectivity index (χ0n) is 16.0. The minimum atomic E-state index is -0.939. The van der Waals surface area contributed by atoms with Gasteiger partial charge in [0.1, 0.15) is 0 Å². The van der Waals surface area contributed by atoms with Crippen molar-refractivity contribution in [3.8, 4) is 0 Å². The Kier molecular flexibility index (Phi) is 5.84. The third kappa shape index (κ3) is 4.60. The molecule has 2 aromatic rings. The average molecular weight is 403 g/mol. The third-order valence-electron chi connectivity index (χ3n) is 5.19. The number of hydrogen-bond acceptors (Lipinski definition) is 5. The number of benzene rings is 1. The maximum atomic E-state index is 13.6. The fraction of sp³-hybridized carbons (Fsp3) is 0.429. The molecule has 2 fully saturated rings. The van der Waals surface area contributed by atoms with Crippen molar-refractivity contribution in [2.24, 2.45) is 0 Å². The maximum absolute atomic E-state index is 13.6. The fourth-order valence-corrected chi connectivity index (χ4v) is 3.83. The van der Waals surface area contributed by atoms with Gasteiger partial charge in [0.2, 0.25) is 0 Å². The van der Waals surface area contributed by atoms with E-state index in [2.05, 4.69) is 9.88 Å². The van der Waals surface area contributed by atoms with Gasteiger partial charge in [-0.3, -0.25) is 14.7 Å². The molecule has 1 aromatic carbocycles. The molecule has 3 heterocycles. The van der Waals surface area contributed by atoms with Crippen LogP contribution in [0.4, 0.5) is 8.78 Å². The van der Waals surface area contributed by atoms with Crippen LogP contribution in [-0.2, 0) is 16.0 Å². The van der Waals surface area contributed by atoms with Crippen molar-refractivity contribution in [3.63, 3.8) is 0 Å². The van der Waals surface area contributed by atoms with Gasteiger partial charge >= 0.3 is 0 Å². The van der Waals surface area contributed by atoms with Crippen LogP contribution in [0.25, 0.3) is 0 Å². The normalized spacial score (nSPS) is 23.2. The Morgan fingerprint density at radius 1 is 1.10 bits per heavy atom. The van der Waals surface area contributed by atoms with Crippen LogP contribution in [0.1, 0.15) is 22.3 Å². The van der Waals surface area contributed by atoms with E-state index in [0.717, 1.165) is 19.0 Å². The molecule has 8 heteroatoms. The second-order valence-electron chi connectivity index (χ2n) is 7.39. The highest BCUT2D eigenvalue weighted by Gasteiger charge is 2.42. The van der Waals surface area contributed by atoms with Crippen LogP contribution in [0.5, 0.6) is 0 Å². The SMILES string of the molecule is O=C(c1cccnc1)N1CCOC2(CN(Cc3ccc(F)c(F)c3)CCCO2)C1. The fourth-order valence-electron chi connectivity index (χ4n) is 3.83. The molecular formula is C21H23F2N3O3. The first-order chi connectivity index (χ1) is 14.0. The van der Waals surface area contributed by atoms with Gasteiger partial charge in [-0.05, 0) is 36.2 Å². The van der Waals surface area contributed by atoms with Gasteiger partial charge in [-0.25, -0.2) is 8.78 Å². The topological polar surface area (TPSA) is 54.9 Å². The van der Waals surface area contributed by atoms with E-state index >= 15 is 0 Å².